The highest BCUT2D eigenvalue weighted by molar-refractivity contribution is 6.30. The number of imide groups is 1. The molecule has 34 heavy (non-hydrogen) atoms. The second-order valence-corrected chi connectivity index (χ2v) is 8.58. The molecule has 4 rings (SSSR count). The predicted molar refractivity (Wildman–Crippen MR) is 122 cm³/mol. The quantitative estimate of drug-likeness (QED) is 0.383. The maximum atomic E-state index is 12.8. The molecule has 0 bridgehead atoms. The molecule has 10 heteroatoms. The number of hydrogen-bond donors (Lipinski definition) is 2. The van der Waals surface area contributed by atoms with Crippen LogP contribution in [0.5, 0.6) is 0 Å². The van der Waals surface area contributed by atoms with Gasteiger partial charge in [0.25, 0.3) is 11.8 Å². The summed E-state index contributed by atoms with van der Waals surface area (Å²) in [4.78, 5) is 63.1. The Morgan fingerprint density at radius 1 is 0.912 bits per heavy atom. The van der Waals surface area contributed by atoms with Crippen LogP contribution in [0.1, 0.15) is 46.4 Å². The highest BCUT2D eigenvalue weighted by Gasteiger charge is 2.48. The van der Waals surface area contributed by atoms with Gasteiger partial charge < -0.3 is 4.74 Å². The Balaban J connectivity index is 1.32. The summed E-state index contributed by atoms with van der Waals surface area (Å²) in [6.45, 7) is -0.643. The van der Waals surface area contributed by atoms with Crippen molar-refractivity contribution in [3.8, 4) is 0 Å². The Kier molecular flexibility index (Phi) is 6.93. The zero-order chi connectivity index (χ0) is 24.2. The van der Waals surface area contributed by atoms with Crippen molar-refractivity contribution < 1.29 is 28.7 Å². The summed E-state index contributed by atoms with van der Waals surface area (Å²) in [7, 11) is 0. The van der Waals surface area contributed by atoms with Gasteiger partial charge in [-0.15, -0.1) is 0 Å². The van der Waals surface area contributed by atoms with E-state index >= 15 is 0 Å². The molecule has 2 atom stereocenters. The number of nitrogens with zero attached hydrogens (tertiary/aromatic N) is 1. The van der Waals surface area contributed by atoms with E-state index in [9.17, 15) is 24.0 Å². The molecule has 1 aliphatic carbocycles. The Bertz CT molecular complexity index is 1130. The first kappa shape index (κ1) is 23.4. The van der Waals surface area contributed by atoms with Gasteiger partial charge >= 0.3 is 5.97 Å². The van der Waals surface area contributed by atoms with E-state index in [1.165, 1.54) is 36.4 Å². The van der Waals surface area contributed by atoms with Gasteiger partial charge in [-0.3, -0.25) is 34.9 Å². The van der Waals surface area contributed by atoms with Gasteiger partial charge in [0.15, 0.2) is 6.61 Å². The fourth-order valence-electron chi connectivity index (χ4n) is 4.24. The number of rotatable bonds is 5. The van der Waals surface area contributed by atoms with E-state index in [0.29, 0.717) is 23.6 Å². The molecule has 0 spiro atoms. The normalized spacial score (nSPS) is 19.4. The van der Waals surface area contributed by atoms with E-state index in [1.807, 2.05) is 0 Å². The third-order valence-corrected chi connectivity index (χ3v) is 6.19. The highest BCUT2D eigenvalue weighted by Crippen LogP contribution is 2.40. The summed E-state index contributed by atoms with van der Waals surface area (Å²) in [5.41, 5.74) is 5.03. The number of esters is 1. The minimum atomic E-state index is -0.808. The lowest BCUT2D eigenvalue weighted by Gasteiger charge is -2.19. The van der Waals surface area contributed by atoms with E-state index in [-0.39, 0.29) is 34.8 Å². The maximum absolute atomic E-state index is 12.8. The van der Waals surface area contributed by atoms with Gasteiger partial charge in [-0.25, -0.2) is 4.79 Å². The zero-order valence-corrected chi connectivity index (χ0v) is 18.8. The lowest BCUT2D eigenvalue weighted by atomic mass is 9.81. The number of anilines is 1. The van der Waals surface area contributed by atoms with Crippen molar-refractivity contribution >= 4 is 46.9 Å². The van der Waals surface area contributed by atoms with Gasteiger partial charge in [0.1, 0.15) is 0 Å². The molecular weight excluding hydrogens is 462 g/mol. The molecule has 0 radical (unpaired) electrons. The number of hydrazine groups is 1. The molecule has 2 aromatic carbocycles. The molecule has 2 N–H and O–H groups in total. The number of hydrogen-bond acceptors (Lipinski definition) is 6. The molecule has 9 nitrogen and oxygen atoms in total. The van der Waals surface area contributed by atoms with Crippen LogP contribution in [0.25, 0.3) is 0 Å². The van der Waals surface area contributed by atoms with Crippen LogP contribution in [-0.4, -0.2) is 36.2 Å². The Morgan fingerprint density at radius 3 is 2.21 bits per heavy atom. The van der Waals surface area contributed by atoms with Crippen LogP contribution in [0, 0.1) is 11.8 Å². The molecule has 2 fully saturated rings. The van der Waals surface area contributed by atoms with Gasteiger partial charge in [0.2, 0.25) is 11.8 Å². The smallest absolute Gasteiger partial charge is 0.338 e. The first-order chi connectivity index (χ1) is 16.3. The average molecular weight is 484 g/mol. The Morgan fingerprint density at radius 2 is 1.56 bits per heavy atom. The summed E-state index contributed by atoms with van der Waals surface area (Å²) < 4.78 is 5.00. The number of amides is 4. The van der Waals surface area contributed by atoms with Crippen LogP contribution < -0.4 is 15.8 Å². The van der Waals surface area contributed by atoms with Crippen LogP contribution >= 0.6 is 11.6 Å². The first-order valence-corrected chi connectivity index (χ1v) is 11.2. The van der Waals surface area contributed by atoms with Gasteiger partial charge in [-0.05, 0) is 55.3 Å². The first-order valence-electron chi connectivity index (χ1n) is 10.8. The molecule has 1 saturated heterocycles. The van der Waals surface area contributed by atoms with Crippen molar-refractivity contribution in [1.82, 2.24) is 10.9 Å². The Labute approximate surface area is 200 Å². The summed E-state index contributed by atoms with van der Waals surface area (Å²) in [6.07, 6.45) is 3.22. The minimum absolute atomic E-state index is 0.0889. The van der Waals surface area contributed by atoms with Gasteiger partial charge in [-0.1, -0.05) is 30.5 Å². The number of carbonyl (C=O) groups is 5. The number of ether oxygens (including phenoxy) is 1. The lowest BCUT2D eigenvalue weighted by molar-refractivity contribution is -0.125. The molecule has 4 amide bonds. The molecule has 1 heterocycles. The molecule has 2 aliphatic rings. The van der Waals surface area contributed by atoms with Crippen LogP contribution in [0.2, 0.25) is 5.02 Å². The molecule has 1 aliphatic heterocycles. The summed E-state index contributed by atoms with van der Waals surface area (Å²) in [5.74, 6) is -3.21. The van der Waals surface area contributed by atoms with Crippen molar-refractivity contribution in [2.24, 2.45) is 11.8 Å². The number of halogens is 1. The lowest BCUT2D eigenvalue weighted by Crippen LogP contribution is -2.43. The molecule has 2 aromatic rings. The number of fused-ring (bicyclic) bond motifs is 1. The van der Waals surface area contributed by atoms with Crippen molar-refractivity contribution in [1.29, 1.82) is 0 Å². The summed E-state index contributed by atoms with van der Waals surface area (Å²) >= 11 is 5.77. The molecule has 0 unspecified atom stereocenters. The van der Waals surface area contributed by atoms with Crippen molar-refractivity contribution in [2.45, 2.75) is 25.7 Å². The van der Waals surface area contributed by atoms with Crippen LogP contribution in [0.4, 0.5) is 5.69 Å². The molecule has 1 saturated carbocycles. The van der Waals surface area contributed by atoms with E-state index in [4.69, 9.17) is 16.3 Å². The fraction of sp³-hybridized carbons (Fsp3) is 0.292. The summed E-state index contributed by atoms with van der Waals surface area (Å²) in [6, 6.07) is 12.0. The second kappa shape index (κ2) is 10.0. The third kappa shape index (κ3) is 4.94. The van der Waals surface area contributed by atoms with E-state index < -0.39 is 24.4 Å². The van der Waals surface area contributed by atoms with Crippen molar-refractivity contribution in [2.75, 3.05) is 11.5 Å². The molecule has 0 aromatic heterocycles. The third-order valence-electron chi connectivity index (χ3n) is 5.94. The van der Waals surface area contributed by atoms with E-state index in [0.717, 1.165) is 17.7 Å². The van der Waals surface area contributed by atoms with Gasteiger partial charge in [-0.2, -0.15) is 0 Å². The minimum Gasteiger partial charge on any atom is -0.452 e. The zero-order valence-electron chi connectivity index (χ0n) is 18.1. The van der Waals surface area contributed by atoms with Gasteiger partial charge in [0.05, 0.1) is 23.1 Å². The second-order valence-electron chi connectivity index (χ2n) is 8.14. The number of carbonyl (C=O) groups excluding carboxylic acids is 5. The van der Waals surface area contributed by atoms with Crippen molar-refractivity contribution in [3.63, 3.8) is 0 Å². The average Bonchev–Trinajstić information content (AvgIpc) is 3.11. The van der Waals surface area contributed by atoms with Crippen LogP contribution in [-0.2, 0) is 19.1 Å². The number of nitrogens with one attached hydrogen (secondary N) is 2. The monoisotopic (exact) mass is 483 g/mol. The fourth-order valence-corrected chi connectivity index (χ4v) is 4.37. The SMILES string of the molecule is O=C(COC(=O)c1cccc(N2C(=O)[C@H]3CCCC[C@H]3C2=O)c1)NNC(=O)c1ccc(Cl)cc1. The predicted octanol–water partition coefficient (Wildman–Crippen LogP) is 2.64. The topological polar surface area (TPSA) is 122 Å². The highest BCUT2D eigenvalue weighted by atomic mass is 35.5. The summed E-state index contributed by atoms with van der Waals surface area (Å²) in [5, 5.41) is 0.466. The van der Waals surface area contributed by atoms with Crippen LogP contribution in [0.15, 0.2) is 48.5 Å². The standard InChI is InChI=1S/C24H22ClN3O6/c25-16-10-8-14(9-11-16)21(30)27-26-20(29)13-34-24(33)15-4-3-5-17(12-15)28-22(31)18-6-1-2-7-19(18)23(28)32/h3-5,8-12,18-19H,1-2,6-7,13H2,(H,26,29)(H,27,30)/t18-,19+. The molecular formula is C24H22ClN3O6. The maximum Gasteiger partial charge on any atom is 0.338 e. The van der Waals surface area contributed by atoms with Gasteiger partial charge in [0, 0.05) is 10.6 Å². The van der Waals surface area contributed by atoms with E-state index in [2.05, 4.69) is 10.9 Å². The number of benzene rings is 2. The van der Waals surface area contributed by atoms with E-state index in [1.54, 1.807) is 12.1 Å². The van der Waals surface area contributed by atoms with Crippen LogP contribution in [0.3, 0.4) is 0 Å². The molecule has 176 valence electrons. The largest absolute Gasteiger partial charge is 0.452 e. The Hall–Kier alpha value is -3.72. The van der Waals surface area contributed by atoms with Crippen molar-refractivity contribution in [3.05, 3.63) is 64.7 Å².